The van der Waals surface area contributed by atoms with Crippen molar-refractivity contribution in [3.63, 3.8) is 0 Å². The fourth-order valence-electron chi connectivity index (χ4n) is 1.47. The molecule has 0 saturated carbocycles. The van der Waals surface area contributed by atoms with Crippen molar-refractivity contribution < 1.29 is 0 Å². The van der Waals surface area contributed by atoms with Crippen LogP contribution in [0.4, 0.5) is 0 Å². The number of aryl methyl sites for hydroxylation is 1. The third kappa shape index (κ3) is 1.11. The van der Waals surface area contributed by atoms with Crippen molar-refractivity contribution in [2.24, 2.45) is 5.73 Å². The Hall–Kier alpha value is -0.940. The van der Waals surface area contributed by atoms with Gasteiger partial charge in [0, 0.05) is 19.1 Å². The van der Waals surface area contributed by atoms with E-state index < -0.39 is 0 Å². The highest BCUT2D eigenvalue weighted by Gasteiger charge is 2.18. The fraction of sp³-hybridized carbons (Fsp3) is 0.714. The van der Waals surface area contributed by atoms with E-state index in [0.29, 0.717) is 12.6 Å². The summed E-state index contributed by atoms with van der Waals surface area (Å²) in [6.07, 6.45) is 0. The highest BCUT2D eigenvalue weighted by atomic mass is 15.3. The van der Waals surface area contributed by atoms with Gasteiger partial charge in [0.25, 0.3) is 0 Å². The molecule has 2 heterocycles. The van der Waals surface area contributed by atoms with Crippen molar-refractivity contribution in [1.82, 2.24) is 20.1 Å². The average molecular weight is 167 g/mol. The van der Waals surface area contributed by atoms with Gasteiger partial charge in [-0.15, -0.1) is 10.2 Å². The van der Waals surface area contributed by atoms with Crippen molar-refractivity contribution in [2.75, 3.05) is 6.54 Å². The second kappa shape index (κ2) is 2.84. The number of hydrogen-bond acceptors (Lipinski definition) is 4. The van der Waals surface area contributed by atoms with E-state index in [-0.39, 0.29) is 0 Å². The van der Waals surface area contributed by atoms with Crippen LogP contribution < -0.4 is 11.1 Å². The lowest BCUT2D eigenvalue weighted by Gasteiger charge is -2.23. The first-order chi connectivity index (χ1) is 5.81. The molecule has 5 nitrogen and oxygen atoms in total. The van der Waals surface area contributed by atoms with E-state index in [1.807, 2.05) is 6.92 Å². The molecule has 0 aromatic carbocycles. The molecule has 5 heteroatoms. The molecule has 1 aliphatic rings. The van der Waals surface area contributed by atoms with Crippen LogP contribution in [0.15, 0.2) is 0 Å². The molecule has 1 aromatic rings. The molecule has 0 aliphatic carbocycles. The molecule has 0 radical (unpaired) electrons. The van der Waals surface area contributed by atoms with Crippen molar-refractivity contribution in [2.45, 2.75) is 26.1 Å². The number of fused-ring (bicyclic) bond motifs is 1. The van der Waals surface area contributed by atoms with E-state index >= 15 is 0 Å². The van der Waals surface area contributed by atoms with Crippen LogP contribution in [0.25, 0.3) is 0 Å². The highest BCUT2D eigenvalue weighted by molar-refractivity contribution is 4.98. The molecule has 2 rings (SSSR count). The van der Waals surface area contributed by atoms with Crippen LogP contribution >= 0.6 is 0 Å². The Morgan fingerprint density at radius 2 is 2.50 bits per heavy atom. The van der Waals surface area contributed by atoms with Crippen LogP contribution in [0.5, 0.6) is 0 Å². The highest BCUT2D eigenvalue weighted by Crippen LogP contribution is 2.07. The normalized spacial score (nSPS) is 22.3. The Balaban J connectivity index is 2.26. The van der Waals surface area contributed by atoms with Crippen LogP contribution in [-0.4, -0.2) is 27.4 Å². The van der Waals surface area contributed by atoms with Crippen LogP contribution in [0.2, 0.25) is 0 Å². The maximum atomic E-state index is 5.56. The third-order valence-corrected chi connectivity index (χ3v) is 2.25. The Morgan fingerprint density at radius 3 is 3.25 bits per heavy atom. The molecule has 1 aliphatic heterocycles. The minimum Gasteiger partial charge on any atom is -0.329 e. The number of hydrogen-bond donors (Lipinski definition) is 2. The van der Waals surface area contributed by atoms with Gasteiger partial charge in [-0.1, -0.05) is 0 Å². The van der Waals surface area contributed by atoms with Gasteiger partial charge in [0.05, 0.1) is 6.54 Å². The lowest BCUT2D eigenvalue weighted by Crippen LogP contribution is -2.43. The zero-order valence-electron chi connectivity index (χ0n) is 7.12. The van der Waals surface area contributed by atoms with E-state index in [0.717, 1.165) is 24.7 Å². The van der Waals surface area contributed by atoms with Crippen molar-refractivity contribution in [3.8, 4) is 0 Å². The molecule has 0 bridgehead atoms. The van der Waals surface area contributed by atoms with Gasteiger partial charge in [-0.3, -0.25) is 0 Å². The van der Waals surface area contributed by atoms with Crippen LogP contribution in [-0.2, 0) is 13.1 Å². The number of aromatic nitrogens is 3. The monoisotopic (exact) mass is 167 g/mol. The first kappa shape index (κ1) is 7.70. The van der Waals surface area contributed by atoms with E-state index in [9.17, 15) is 0 Å². The molecular weight excluding hydrogens is 154 g/mol. The van der Waals surface area contributed by atoms with Gasteiger partial charge in [0.15, 0.2) is 0 Å². The molecule has 1 atom stereocenters. The predicted molar refractivity (Wildman–Crippen MR) is 44.4 cm³/mol. The molecule has 0 spiro atoms. The number of nitrogens with two attached hydrogens (primary N) is 1. The van der Waals surface area contributed by atoms with Gasteiger partial charge in [0.2, 0.25) is 0 Å². The summed E-state index contributed by atoms with van der Waals surface area (Å²) in [6, 6.07) is 0.368. The van der Waals surface area contributed by atoms with Gasteiger partial charge in [-0.2, -0.15) is 0 Å². The molecular formula is C7H13N5. The van der Waals surface area contributed by atoms with E-state index in [1.54, 1.807) is 0 Å². The quantitative estimate of drug-likeness (QED) is 0.564. The maximum Gasteiger partial charge on any atom is 0.147 e. The summed E-state index contributed by atoms with van der Waals surface area (Å²) in [5, 5.41) is 11.3. The van der Waals surface area contributed by atoms with Crippen LogP contribution in [0, 0.1) is 6.92 Å². The summed E-state index contributed by atoms with van der Waals surface area (Å²) in [4.78, 5) is 0. The second-order valence-electron chi connectivity index (χ2n) is 3.09. The zero-order chi connectivity index (χ0) is 8.55. The molecule has 0 amide bonds. The standard InChI is InChI=1S/C7H13N5/c1-5-10-11-7-3-9-6(2-8)4-12(5)7/h6,9H,2-4,8H2,1H3. The van der Waals surface area contributed by atoms with Gasteiger partial charge in [-0.25, -0.2) is 0 Å². The minimum atomic E-state index is 0.368. The lowest BCUT2D eigenvalue weighted by molar-refractivity contribution is 0.389. The molecule has 0 fully saturated rings. The molecule has 66 valence electrons. The first-order valence-corrected chi connectivity index (χ1v) is 4.13. The Morgan fingerprint density at radius 1 is 1.67 bits per heavy atom. The number of nitrogens with one attached hydrogen (secondary N) is 1. The zero-order valence-corrected chi connectivity index (χ0v) is 7.12. The largest absolute Gasteiger partial charge is 0.329 e. The summed E-state index contributed by atoms with van der Waals surface area (Å²) in [7, 11) is 0. The third-order valence-electron chi connectivity index (χ3n) is 2.25. The molecule has 1 unspecified atom stereocenters. The summed E-state index contributed by atoms with van der Waals surface area (Å²) >= 11 is 0. The van der Waals surface area contributed by atoms with Crippen molar-refractivity contribution >= 4 is 0 Å². The van der Waals surface area contributed by atoms with Gasteiger partial charge >= 0.3 is 0 Å². The fourth-order valence-corrected chi connectivity index (χ4v) is 1.47. The van der Waals surface area contributed by atoms with Gasteiger partial charge in [-0.05, 0) is 6.92 Å². The Labute approximate surface area is 71.0 Å². The topological polar surface area (TPSA) is 68.8 Å². The number of rotatable bonds is 1. The maximum absolute atomic E-state index is 5.56. The van der Waals surface area contributed by atoms with E-state index in [4.69, 9.17) is 5.73 Å². The van der Waals surface area contributed by atoms with Gasteiger partial charge < -0.3 is 15.6 Å². The average Bonchev–Trinajstić information content (AvgIpc) is 2.47. The smallest absolute Gasteiger partial charge is 0.147 e. The molecule has 3 N–H and O–H groups in total. The van der Waals surface area contributed by atoms with Crippen LogP contribution in [0.3, 0.4) is 0 Å². The Kier molecular flexibility index (Phi) is 1.82. The second-order valence-corrected chi connectivity index (χ2v) is 3.09. The van der Waals surface area contributed by atoms with Crippen LogP contribution in [0.1, 0.15) is 11.6 Å². The Bertz CT molecular complexity index is 279. The SMILES string of the molecule is Cc1nnc2n1CC(CN)NC2. The molecule has 1 aromatic heterocycles. The van der Waals surface area contributed by atoms with Gasteiger partial charge in [0.1, 0.15) is 11.6 Å². The van der Waals surface area contributed by atoms with E-state index in [2.05, 4.69) is 20.1 Å². The summed E-state index contributed by atoms with van der Waals surface area (Å²) < 4.78 is 2.12. The minimum absolute atomic E-state index is 0.368. The summed E-state index contributed by atoms with van der Waals surface area (Å²) in [5.41, 5.74) is 5.56. The van der Waals surface area contributed by atoms with Crippen molar-refractivity contribution in [3.05, 3.63) is 11.6 Å². The lowest BCUT2D eigenvalue weighted by atomic mass is 10.2. The van der Waals surface area contributed by atoms with E-state index in [1.165, 1.54) is 0 Å². The van der Waals surface area contributed by atoms with Crippen molar-refractivity contribution in [1.29, 1.82) is 0 Å². The number of nitrogens with zero attached hydrogens (tertiary/aromatic N) is 3. The predicted octanol–water partition coefficient (Wildman–Crippen LogP) is -0.983. The summed E-state index contributed by atoms with van der Waals surface area (Å²) in [6.45, 7) is 4.31. The molecule has 12 heavy (non-hydrogen) atoms. The summed E-state index contributed by atoms with van der Waals surface area (Å²) in [5.74, 6) is 1.99. The first-order valence-electron chi connectivity index (χ1n) is 4.13. The molecule has 0 saturated heterocycles.